The molecule has 0 saturated carbocycles. The van der Waals surface area contributed by atoms with Crippen LogP contribution in [-0.2, 0) is 14.3 Å². The molecule has 1 saturated heterocycles. The molecule has 0 aromatic rings. The van der Waals surface area contributed by atoms with Gasteiger partial charge in [-0.25, -0.2) is 0 Å². The molecule has 1 aliphatic rings. The Kier molecular flexibility index (Phi) is 24.7. The Labute approximate surface area is 272 Å². The fraction of sp³-hybridized carbons (Fsp3) is 0.971. The third kappa shape index (κ3) is 19.0. The summed E-state index contributed by atoms with van der Waals surface area (Å²) in [5.41, 5.74) is 11.7. The quantitative estimate of drug-likeness (QED) is 0.0553. The highest BCUT2D eigenvalue weighted by molar-refractivity contribution is 5.78. The number of aliphatic hydroxyl groups is 6. The minimum atomic E-state index is -1.52. The van der Waals surface area contributed by atoms with Gasteiger partial charge in [0.1, 0.15) is 30.2 Å². The van der Waals surface area contributed by atoms with Crippen LogP contribution in [0.4, 0.5) is 0 Å². The lowest BCUT2D eigenvalue weighted by molar-refractivity contribution is -0.313. The summed E-state index contributed by atoms with van der Waals surface area (Å²) in [6.45, 7) is 1.00. The molecule has 0 spiro atoms. The molecular formula is C34H68N2O9. The van der Waals surface area contributed by atoms with Gasteiger partial charge in [-0.05, 0) is 32.6 Å². The molecule has 0 aromatic heterocycles. The predicted molar refractivity (Wildman–Crippen MR) is 175 cm³/mol. The predicted octanol–water partition coefficient (Wildman–Crippen LogP) is 2.96. The van der Waals surface area contributed by atoms with E-state index in [0.717, 1.165) is 77.0 Å². The molecule has 0 radical (unpaired) electrons. The van der Waals surface area contributed by atoms with E-state index >= 15 is 0 Å². The smallest absolute Gasteiger partial charge is 0.187 e. The Morgan fingerprint density at radius 1 is 0.689 bits per heavy atom. The van der Waals surface area contributed by atoms with Crippen LogP contribution in [0.2, 0.25) is 0 Å². The number of ether oxygens (including phenoxy) is 2. The molecule has 0 amide bonds. The van der Waals surface area contributed by atoms with Crippen molar-refractivity contribution in [3.8, 4) is 0 Å². The van der Waals surface area contributed by atoms with Crippen LogP contribution < -0.4 is 11.5 Å². The van der Waals surface area contributed by atoms with Gasteiger partial charge in [-0.15, -0.1) is 0 Å². The van der Waals surface area contributed by atoms with Gasteiger partial charge in [0, 0.05) is 18.9 Å². The van der Waals surface area contributed by atoms with Crippen molar-refractivity contribution in [1.82, 2.24) is 0 Å². The maximum absolute atomic E-state index is 12.1. The van der Waals surface area contributed by atoms with E-state index in [2.05, 4.69) is 0 Å². The molecule has 268 valence electrons. The van der Waals surface area contributed by atoms with Crippen molar-refractivity contribution in [2.75, 3.05) is 13.2 Å². The molecular weight excluding hydrogens is 580 g/mol. The zero-order chi connectivity index (χ0) is 33.5. The number of rotatable bonds is 29. The van der Waals surface area contributed by atoms with E-state index in [4.69, 9.17) is 20.9 Å². The van der Waals surface area contributed by atoms with Gasteiger partial charge < -0.3 is 51.6 Å². The fourth-order valence-corrected chi connectivity index (χ4v) is 5.88. The SMILES string of the molecule is C[C@@H](N)[C@H](O)CCCCCCCC(=O)CCCCCCCCCCCCCC[C@@H](O[C@@H]1O[C@H](CO)[C@@H](O)[C@H](O)[C@H]1O)[C@@H](N)CO. The summed E-state index contributed by atoms with van der Waals surface area (Å²) in [5.74, 6) is 0.399. The van der Waals surface area contributed by atoms with Gasteiger partial charge >= 0.3 is 0 Å². The number of hydrogen-bond donors (Lipinski definition) is 8. The highest BCUT2D eigenvalue weighted by Crippen LogP contribution is 2.25. The fourth-order valence-electron chi connectivity index (χ4n) is 5.88. The van der Waals surface area contributed by atoms with Crippen LogP contribution in [0, 0.1) is 0 Å². The van der Waals surface area contributed by atoms with Gasteiger partial charge in [0.15, 0.2) is 6.29 Å². The topological polar surface area (TPSA) is 209 Å². The van der Waals surface area contributed by atoms with E-state index in [0.29, 0.717) is 25.0 Å². The first-order valence-corrected chi connectivity index (χ1v) is 17.9. The lowest BCUT2D eigenvalue weighted by Crippen LogP contribution is -2.60. The number of carbonyl (C=O) groups excluding carboxylic acids is 1. The average Bonchev–Trinajstić information content (AvgIpc) is 3.03. The summed E-state index contributed by atoms with van der Waals surface area (Å²) < 4.78 is 11.2. The van der Waals surface area contributed by atoms with E-state index in [1.54, 1.807) is 0 Å². The number of ketones is 1. The average molecular weight is 649 g/mol. The Morgan fingerprint density at radius 3 is 1.58 bits per heavy atom. The van der Waals surface area contributed by atoms with Crippen molar-refractivity contribution in [3.63, 3.8) is 0 Å². The molecule has 0 unspecified atom stereocenters. The first-order chi connectivity index (χ1) is 21.6. The number of carbonyl (C=O) groups is 1. The van der Waals surface area contributed by atoms with Crippen LogP contribution in [0.5, 0.6) is 0 Å². The lowest BCUT2D eigenvalue weighted by atomic mass is 9.98. The maximum atomic E-state index is 12.1. The van der Waals surface area contributed by atoms with E-state index in [-0.39, 0.29) is 12.6 Å². The second-order valence-electron chi connectivity index (χ2n) is 13.3. The monoisotopic (exact) mass is 648 g/mol. The maximum Gasteiger partial charge on any atom is 0.187 e. The molecule has 1 aliphatic heterocycles. The van der Waals surface area contributed by atoms with E-state index in [9.17, 15) is 35.4 Å². The first-order valence-electron chi connectivity index (χ1n) is 17.9. The summed E-state index contributed by atoms with van der Waals surface area (Å²) in [7, 11) is 0. The van der Waals surface area contributed by atoms with Crippen LogP contribution in [0.25, 0.3) is 0 Å². The third-order valence-corrected chi connectivity index (χ3v) is 9.10. The number of nitrogens with two attached hydrogens (primary N) is 2. The molecule has 1 fully saturated rings. The number of unbranched alkanes of at least 4 members (excludes halogenated alkanes) is 15. The van der Waals surface area contributed by atoms with Crippen molar-refractivity contribution in [3.05, 3.63) is 0 Å². The lowest BCUT2D eigenvalue weighted by Gasteiger charge is -2.41. The molecule has 11 nitrogen and oxygen atoms in total. The van der Waals surface area contributed by atoms with Gasteiger partial charge in [-0.3, -0.25) is 4.79 Å². The van der Waals surface area contributed by atoms with Gasteiger partial charge in [-0.2, -0.15) is 0 Å². The third-order valence-electron chi connectivity index (χ3n) is 9.10. The van der Waals surface area contributed by atoms with Crippen LogP contribution in [0.3, 0.4) is 0 Å². The number of Topliss-reactive ketones (excluding diaryl/α,β-unsaturated/α-hetero) is 1. The first kappa shape index (κ1) is 42.3. The van der Waals surface area contributed by atoms with Crippen molar-refractivity contribution < 1.29 is 44.9 Å². The number of hydrogen-bond acceptors (Lipinski definition) is 11. The molecule has 0 aromatic carbocycles. The molecule has 45 heavy (non-hydrogen) atoms. The van der Waals surface area contributed by atoms with Crippen molar-refractivity contribution in [1.29, 1.82) is 0 Å². The molecule has 1 heterocycles. The molecule has 9 atom stereocenters. The van der Waals surface area contributed by atoms with Crippen LogP contribution >= 0.6 is 0 Å². The molecule has 11 heteroatoms. The van der Waals surface area contributed by atoms with Crippen molar-refractivity contribution in [2.24, 2.45) is 11.5 Å². The number of aliphatic hydroxyl groups excluding tert-OH is 6. The Hall–Kier alpha value is -0.730. The van der Waals surface area contributed by atoms with Crippen LogP contribution in [0.15, 0.2) is 0 Å². The zero-order valence-electron chi connectivity index (χ0n) is 28.0. The molecule has 0 aliphatic carbocycles. The Bertz CT molecular complexity index is 715. The minimum Gasteiger partial charge on any atom is -0.395 e. The van der Waals surface area contributed by atoms with E-state index in [1.165, 1.54) is 38.5 Å². The van der Waals surface area contributed by atoms with Gasteiger partial charge in [0.2, 0.25) is 0 Å². The van der Waals surface area contributed by atoms with Crippen molar-refractivity contribution >= 4 is 5.78 Å². The van der Waals surface area contributed by atoms with Gasteiger partial charge in [-0.1, -0.05) is 96.3 Å². The Balaban J connectivity index is 1.98. The van der Waals surface area contributed by atoms with E-state index in [1.807, 2.05) is 6.92 Å². The Morgan fingerprint density at radius 2 is 1.13 bits per heavy atom. The standard InChI is InChI=1S/C34H68N2O9/c1-25(35)28(40)21-17-13-10-12-16-20-26(39)19-15-11-8-6-4-2-3-5-7-9-14-18-22-29(27(36)23-37)44-34-33(43)32(42)31(41)30(24-38)45-34/h25,27-34,37-38,40-43H,2-24,35-36H2,1H3/t25-,27+,28-,29-,30-,31-,32+,33-,34-/m1/s1. The summed E-state index contributed by atoms with van der Waals surface area (Å²) in [5, 5.41) is 58.8. The van der Waals surface area contributed by atoms with Crippen LogP contribution in [0.1, 0.15) is 142 Å². The zero-order valence-corrected chi connectivity index (χ0v) is 28.0. The highest BCUT2D eigenvalue weighted by Gasteiger charge is 2.45. The summed E-state index contributed by atoms with van der Waals surface area (Å²) >= 11 is 0. The molecule has 1 rings (SSSR count). The van der Waals surface area contributed by atoms with Gasteiger partial charge in [0.25, 0.3) is 0 Å². The van der Waals surface area contributed by atoms with Crippen LogP contribution in [-0.4, -0.2) is 105 Å². The largest absolute Gasteiger partial charge is 0.395 e. The molecule has 10 N–H and O–H groups in total. The van der Waals surface area contributed by atoms with Gasteiger partial charge in [0.05, 0.1) is 31.5 Å². The van der Waals surface area contributed by atoms with E-state index < -0.39 is 55.6 Å². The molecule has 0 bridgehead atoms. The summed E-state index contributed by atoms with van der Waals surface area (Å²) in [4.78, 5) is 12.1. The minimum absolute atomic E-state index is 0.162. The second kappa shape index (κ2) is 26.3. The summed E-state index contributed by atoms with van der Waals surface area (Å²) in [6, 6.07) is -0.846. The normalized spacial score (nSPS) is 24.8. The second-order valence-corrected chi connectivity index (χ2v) is 13.3. The van der Waals surface area contributed by atoms with Crippen molar-refractivity contribution in [2.45, 2.75) is 197 Å². The summed E-state index contributed by atoms with van der Waals surface area (Å²) in [6.07, 6.45) is 13.8. The highest BCUT2D eigenvalue weighted by atomic mass is 16.7.